The Labute approximate surface area is 112 Å². The van der Waals surface area contributed by atoms with Gasteiger partial charge in [0.15, 0.2) is 0 Å². The molecule has 0 aromatic heterocycles. The van der Waals surface area contributed by atoms with Crippen molar-refractivity contribution >= 4 is 17.7 Å². The first-order valence-corrected chi connectivity index (χ1v) is 6.10. The largest absolute Gasteiger partial charge is 0.322 e. The van der Waals surface area contributed by atoms with Gasteiger partial charge in [0.25, 0.3) is 5.91 Å². The number of amides is 3. The van der Waals surface area contributed by atoms with Crippen LogP contribution in [-0.4, -0.2) is 28.7 Å². The summed E-state index contributed by atoms with van der Waals surface area (Å²) in [6.07, 6.45) is 0.307. The molecule has 1 saturated heterocycles. The first-order chi connectivity index (χ1) is 9.47. The molecule has 1 aromatic carbocycles. The Morgan fingerprint density at radius 2 is 1.95 bits per heavy atom. The average molecular weight is 280 g/mol. The normalized spacial score (nSPS) is 22.0. The lowest BCUT2D eigenvalue weighted by molar-refractivity contribution is -0.136. The van der Waals surface area contributed by atoms with E-state index in [2.05, 4.69) is 5.32 Å². The van der Waals surface area contributed by atoms with Crippen LogP contribution >= 0.6 is 0 Å². The minimum Gasteiger partial charge on any atom is -0.322 e. The molecule has 3 amide bonds. The predicted molar refractivity (Wildman–Crippen MR) is 62.4 cm³/mol. The highest BCUT2D eigenvalue weighted by atomic mass is 19.1. The molecular weight excluding hydrogens is 270 g/mol. The molecule has 7 heteroatoms. The number of piperidine rings is 1. The number of hydrogen-bond donors (Lipinski definition) is 1. The summed E-state index contributed by atoms with van der Waals surface area (Å²) in [4.78, 5) is 36.2. The van der Waals surface area contributed by atoms with E-state index in [1.165, 1.54) is 4.90 Å². The molecule has 0 saturated carbocycles. The third-order valence-corrected chi connectivity index (χ3v) is 3.57. The Morgan fingerprint density at radius 1 is 1.20 bits per heavy atom. The molecule has 3 rings (SSSR count). The highest BCUT2D eigenvalue weighted by molar-refractivity contribution is 6.05. The monoisotopic (exact) mass is 280 g/mol. The third kappa shape index (κ3) is 1.86. The Kier molecular flexibility index (Phi) is 2.77. The van der Waals surface area contributed by atoms with Gasteiger partial charge in [-0.2, -0.15) is 0 Å². The number of nitrogens with zero attached hydrogens (tertiary/aromatic N) is 1. The first-order valence-electron chi connectivity index (χ1n) is 6.10. The van der Waals surface area contributed by atoms with Crippen LogP contribution in [0.15, 0.2) is 12.1 Å². The molecule has 0 spiro atoms. The van der Waals surface area contributed by atoms with Crippen molar-refractivity contribution in [1.29, 1.82) is 0 Å². The van der Waals surface area contributed by atoms with Gasteiger partial charge in [0.2, 0.25) is 11.8 Å². The number of carbonyl (C=O) groups excluding carboxylic acids is 3. The molecule has 2 aliphatic rings. The molecule has 20 heavy (non-hydrogen) atoms. The van der Waals surface area contributed by atoms with Crippen LogP contribution in [0.5, 0.6) is 0 Å². The molecule has 1 atom stereocenters. The fourth-order valence-electron chi connectivity index (χ4n) is 2.58. The summed E-state index contributed by atoms with van der Waals surface area (Å²) in [5.41, 5.74) is 0.0216. The lowest BCUT2D eigenvalue weighted by atomic mass is 10.0. The van der Waals surface area contributed by atoms with Crippen LogP contribution in [-0.2, 0) is 16.1 Å². The second kappa shape index (κ2) is 4.36. The van der Waals surface area contributed by atoms with Gasteiger partial charge in [-0.3, -0.25) is 19.7 Å². The van der Waals surface area contributed by atoms with Crippen LogP contribution < -0.4 is 5.32 Å². The Bertz CT molecular complexity index is 645. The van der Waals surface area contributed by atoms with E-state index < -0.39 is 35.4 Å². The van der Waals surface area contributed by atoms with Crippen LogP contribution in [0.25, 0.3) is 0 Å². The minimum absolute atomic E-state index is 0.0628. The fraction of sp³-hybridized carbons (Fsp3) is 0.308. The van der Waals surface area contributed by atoms with E-state index in [1.807, 2.05) is 0 Å². The van der Waals surface area contributed by atoms with Crippen molar-refractivity contribution in [2.75, 3.05) is 0 Å². The lowest BCUT2D eigenvalue weighted by Gasteiger charge is -2.29. The smallest absolute Gasteiger partial charge is 0.255 e. The molecule has 2 aliphatic heterocycles. The van der Waals surface area contributed by atoms with Crippen molar-refractivity contribution in [3.8, 4) is 0 Å². The highest BCUT2D eigenvalue weighted by Gasteiger charge is 2.40. The van der Waals surface area contributed by atoms with Crippen LogP contribution in [0.2, 0.25) is 0 Å². The summed E-state index contributed by atoms with van der Waals surface area (Å²) >= 11 is 0. The number of halogens is 2. The zero-order chi connectivity index (χ0) is 14.4. The zero-order valence-corrected chi connectivity index (χ0v) is 10.3. The van der Waals surface area contributed by atoms with Crippen LogP contribution in [0.1, 0.15) is 28.8 Å². The summed E-state index contributed by atoms with van der Waals surface area (Å²) < 4.78 is 26.8. The molecule has 0 radical (unpaired) electrons. The van der Waals surface area contributed by atoms with Gasteiger partial charge in [-0.15, -0.1) is 0 Å². The van der Waals surface area contributed by atoms with Crippen LogP contribution in [0, 0.1) is 11.6 Å². The van der Waals surface area contributed by atoms with Gasteiger partial charge < -0.3 is 4.90 Å². The van der Waals surface area contributed by atoms with Gasteiger partial charge in [0, 0.05) is 18.1 Å². The summed E-state index contributed by atoms with van der Waals surface area (Å²) in [5, 5.41) is 2.14. The third-order valence-electron chi connectivity index (χ3n) is 3.57. The van der Waals surface area contributed by atoms with Gasteiger partial charge in [-0.1, -0.05) is 0 Å². The maximum Gasteiger partial charge on any atom is 0.255 e. The summed E-state index contributed by atoms with van der Waals surface area (Å²) in [7, 11) is 0. The molecule has 1 aromatic rings. The number of rotatable bonds is 1. The number of imide groups is 1. The second-order valence-corrected chi connectivity index (χ2v) is 4.81. The maximum absolute atomic E-state index is 13.7. The van der Waals surface area contributed by atoms with Gasteiger partial charge in [0.05, 0.1) is 12.1 Å². The van der Waals surface area contributed by atoms with E-state index in [-0.39, 0.29) is 30.5 Å². The first kappa shape index (κ1) is 12.7. The van der Waals surface area contributed by atoms with Gasteiger partial charge in [0.1, 0.15) is 17.7 Å². The Hall–Kier alpha value is -2.31. The number of nitrogens with one attached hydrogen (secondary N) is 1. The van der Waals surface area contributed by atoms with E-state index >= 15 is 0 Å². The van der Waals surface area contributed by atoms with E-state index in [4.69, 9.17) is 0 Å². The van der Waals surface area contributed by atoms with Crippen molar-refractivity contribution < 1.29 is 23.2 Å². The number of fused-ring (bicyclic) bond motifs is 1. The number of carbonyl (C=O) groups is 3. The minimum atomic E-state index is -0.834. The molecule has 1 N–H and O–H groups in total. The predicted octanol–water partition coefficient (Wildman–Crippen LogP) is 0.726. The molecular formula is C13H10F2N2O3. The van der Waals surface area contributed by atoms with Crippen molar-refractivity contribution in [2.24, 2.45) is 0 Å². The summed E-state index contributed by atoms with van der Waals surface area (Å²) in [5.74, 6) is -3.20. The van der Waals surface area contributed by atoms with E-state index in [1.54, 1.807) is 0 Å². The fourth-order valence-corrected chi connectivity index (χ4v) is 2.58. The van der Waals surface area contributed by atoms with Crippen molar-refractivity contribution in [3.63, 3.8) is 0 Å². The quantitative estimate of drug-likeness (QED) is 0.771. The van der Waals surface area contributed by atoms with E-state index in [0.29, 0.717) is 6.07 Å². The van der Waals surface area contributed by atoms with Crippen molar-refractivity contribution in [3.05, 3.63) is 34.9 Å². The molecule has 0 bridgehead atoms. The topological polar surface area (TPSA) is 66.5 Å². The molecule has 104 valence electrons. The lowest BCUT2D eigenvalue weighted by Crippen LogP contribution is -2.52. The van der Waals surface area contributed by atoms with Crippen molar-refractivity contribution in [2.45, 2.75) is 25.4 Å². The number of hydrogen-bond acceptors (Lipinski definition) is 3. The van der Waals surface area contributed by atoms with Crippen LogP contribution in [0.4, 0.5) is 8.78 Å². The number of benzene rings is 1. The average Bonchev–Trinajstić information content (AvgIpc) is 2.68. The van der Waals surface area contributed by atoms with Gasteiger partial charge in [-0.05, 0) is 12.5 Å². The van der Waals surface area contributed by atoms with Crippen LogP contribution in [0.3, 0.4) is 0 Å². The molecule has 1 unspecified atom stereocenters. The zero-order valence-electron chi connectivity index (χ0n) is 10.3. The van der Waals surface area contributed by atoms with E-state index in [9.17, 15) is 23.2 Å². The second-order valence-electron chi connectivity index (χ2n) is 4.81. The summed E-state index contributed by atoms with van der Waals surface area (Å²) in [6, 6.07) is 0.849. The summed E-state index contributed by atoms with van der Waals surface area (Å²) in [6.45, 7) is -0.0907. The standard InChI is InChI=1S/C13H10F2N2O3/c14-6-3-7-8(9(15)4-6)5-17(13(7)20)10-1-2-11(18)16-12(10)19/h3-4,10H,1-2,5H2,(H,16,18,19). The molecule has 2 heterocycles. The maximum atomic E-state index is 13.7. The Morgan fingerprint density at radius 3 is 2.65 bits per heavy atom. The van der Waals surface area contributed by atoms with Gasteiger partial charge >= 0.3 is 0 Å². The van der Waals surface area contributed by atoms with Crippen molar-refractivity contribution in [1.82, 2.24) is 10.2 Å². The SMILES string of the molecule is O=C1CCC(N2Cc3c(F)cc(F)cc3C2=O)C(=O)N1. The van der Waals surface area contributed by atoms with E-state index in [0.717, 1.165) is 6.07 Å². The molecule has 5 nitrogen and oxygen atoms in total. The molecule has 1 fully saturated rings. The van der Waals surface area contributed by atoms with Gasteiger partial charge in [-0.25, -0.2) is 8.78 Å². The molecule has 0 aliphatic carbocycles. The Balaban J connectivity index is 1.92. The highest BCUT2D eigenvalue weighted by Crippen LogP contribution is 2.29.